The maximum Gasteiger partial charge on any atom is 0.416 e. The summed E-state index contributed by atoms with van der Waals surface area (Å²) in [5.41, 5.74) is 8.87. The van der Waals surface area contributed by atoms with Crippen LogP contribution in [0.3, 0.4) is 0 Å². The van der Waals surface area contributed by atoms with E-state index >= 15 is 0 Å². The summed E-state index contributed by atoms with van der Waals surface area (Å²) < 4.78 is 44.7. The molecule has 2 aromatic carbocycles. The van der Waals surface area contributed by atoms with E-state index in [1.165, 1.54) is 28.8 Å². The first-order valence-corrected chi connectivity index (χ1v) is 12.9. The number of alkyl halides is 3. The zero-order chi connectivity index (χ0) is 25.9. The third kappa shape index (κ3) is 5.70. The lowest BCUT2D eigenvalue weighted by molar-refractivity contribution is -0.137. The molecule has 5 nitrogen and oxygen atoms in total. The highest BCUT2D eigenvalue weighted by Gasteiger charge is 2.38. The number of carbonyl (C=O) groups excluding carboxylic acids is 1. The Labute approximate surface area is 211 Å². The van der Waals surface area contributed by atoms with Gasteiger partial charge in [0.15, 0.2) is 0 Å². The van der Waals surface area contributed by atoms with Crippen molar-refractivity contribution >= 4 is 5.91 Å². The number of nitrogens with two attached hydrogens (primary N) is 1. The molecule has 1 amide bonds. The number of nitrogens with zero attached hydrogens (tertiary/aromatic N) is 2. The molecule has 2 atom stereocenters. The Kier molecular flexibility index (Phi) is 8.25. The van der Waals surface area contributed by atoms with Crippen LogP contribution in [0.25, 0.3) is 0 Å². The zero-order valence-electron chi connectivity index (χ0n) is 21.1. The molecular formula is C28H36F3N3O2. The van der Waals surface area contributed by atoms with Crippen molar-refractivity contribution in [2.24, 2.45) is 5.73 Å². The van der Waals surface area contributed by atoms with Crippen LogP contribution in [-0.2, 0) is 6.18 Å². The van der Waals surface area contributed by atoms with Crippen LogP contribution in [0.15, 0.2) is 36.4 Å². The fourth-order valence-electron chi connectivity index (χ4n) is 5.52. The molecule has 0 bridgehead atoms. The quantitative estimate of drug-likeness (QED) is 0.508. The summed E-state index contributed by atoms with van der Waals surface area (Å²) in [5.74, 6) is 0.723. The summed E-state index contributed by atoms with van der Waals surface area (Å²) in [5, 5.41) is 0. The molecule has 2 aromatic rings. The van der Waals surface area contributed by atoms with E-state index in [1.54, 1.807) is 4.90 Å². The molecule has 36 heavy (non-hydrogen) atoms. The van der Waals surface area contributed by atoms with Crippen molar-refractivity contribution in [1.29, 1.82) is 0 Å². The molecule has 2 N–H and O–H groups in total. The molecule has 0 aromatic heterocycles. The minimum atomic E-state index is -4.41. The third-order valence-corrected chi connectivity index (χ3v) is 7.68. The first kappa shape index (κ1) is 26.5. The Morgan fingerprint density at radius 1 is 1.03 bits per heavy atom. The average molecular weight is 504 g/mol. The van der Waals surface area contributed by atoms with Crippen molar-refractivity contribution in [1.82, 2.24) is 9.80 Å². The Hall–Kier alpha value is -2.58. The zero-order valence-corrected chi connectivity index (χ0v) is 21.1. The largest absolute Gasteiger partial charge is 0.493 e. The molecule has 0 radical (unpaired) electrons. The van der Waals surface area contributed by atoms with Gasteiger partial charge in [0, 0.05) is 37.3 Å². The Balaban J connectivity index is 1.44. The van der Waals surface area contributed by atoms with E-state index in [9.17, 15) is 18.0 Å². The predicted molar refractivity (Wildman–Crippen MR) is 134 cm³/mol. The van der Waals surface area contributed by atoms with Crippen LogP contribution in [0, 0.1) is 13.8 Å². The lowest BCUT2D eigenvalue weighted by Crippen LogP contribution is -2.57. The number of benzene rings is 2. The summed E-state index contributed by atoms with van der Waals surface area (Å²) in [4.78, 5) is 17.4. The molecule has 196 valence electrons. The van der Waals surface area contributed by atoms with E-state index in [0.717, 1.165) is 56.5 Å². The number of ether oxygens (including phenoxy) is 1. The van der Waals surface area contributed by atoms with E-state index in [2.05, 4.69) is 30.9 Å². The van der Waals surface area contributed by atoms with Crippen LogP contribution >= 0.6 is 0 Å². The molecule has 0 saturated carbocycles. The lowest BCUT2D eigenvalue weighted by Gasteiger charge is -2.49. The van der Waals surface area contributed by atoms with Gasteiger partial charge in [-0.25, -0.2) is 0 Å². The lowest BCUT2D eigenvalue weighted by atomic mass is 9.86. The second kappa shape index (κ2) is 11.2. The van der Waals surface area contributed by atoms with Crippen LogP contribution in [0.4, 0.5) is 13.2 Å². The second-order valence-electron chi connectivity index (χ2n) is 9.91. The summed E-state index contributed by atoms with van der Waals surface area (Å²) >= 11 is 0. The second-order valence-corrected chi connectivity index (χ2v) is 9.91. The SMILES string of the molecule is Cc1c(OCCCCN)ccc(C2CCC[C@H]3CN(C(=O)c4ccc(C(F)(F)F)cc4)CCN23)c1C. The number of amides is 1. The molecule has 0 spiro atoms. The van der Waals surface area contributed by atoms with Gasteiger partial charge in [-0.3, -0.25) is 9.69 Å². The maximum atomic E-state index is 13.1. The van der Waals surface area contributed by atoms with Crippen LogP contribution in [0.2, 0.25) is 0 Å². The predicted octanol–water partition coefficient (Wildman–Crippen LogP) is 5.49. The molecule has 0 aliphatic carbocycles. The van der Waals surface area contributed by atoms with E-state index in [4.69, 9.17) is 10.5 Å². The number of piperidine rings is 1. The van der Waals surface area contributed by atoms with Crippen molar-refractivity contribution in [3.05, 3.63) is 64.2 Å². The van der Waals surface area contributed by atoms with E-state index in [1.807, 2.05) is 0 Å². The molecule has 4 rings (SSSR count). The number of halogens is 3. The highest BCUT2D eigenvalue weighted by Crippen LogP contribution is 2.39. The van der Waals surface area contributed by atoms with E-state index in [0.29, 0.717) is 31.8 Å². The summed E-state index contributed by atoms with van der Waals surface area (Å²) in [7, 11) is 0. The van der Waals surface area contributed by atoms with Gasteiger partial charge in [0.2, 0.25) is 0 Å². The maximum absolute atomic E-state index is 13.1. The number of hydrogen-bond acceptors (Lipinski definition) is 4. The number of hydrogen-bond donors (Lipinski definition) is 1. The number of unbranched alkanes of at least 4 members (excludes halogenated alkanes) is 1. The van der Waals surface area contributed by atoms with Crippen molar-refractivity contribution in [3.8, 4) is 5.75 Å². The van der Waals surface area contributed by atoms with Gasteiger partial charge < -0.3 is 15.4 Å². The van der Waals surface area contributed by atoms with E-state index in [-0.39, 0.29) is 18.0 Å². The molecule has 2 fully saturated rings. The molecule has 8 heteroatoms. The molecule has 2 aliphatic heterocycles. The Morgan fingerprint density at radius 3 is 2.47 bits per heavy atom. The number of piperazine rings is 1. The van der Waals surface area contributed by atoms with Crippen molar-refractivity contribution < 1.29 is 22.7 Å². The first-order valence-electron chi connectivity index (χ1n) is 12.9. The van der Waals surface area contributed by atoms with Crippen LogP contribution < -0.4 is 10.5 Å². The summed E-state index contributed by atoms with van der Waals surface area (Å²) in [6.07, 6.45) is 0.636. The topological polar surface area (TPSA) is 58.8 Å². The van der Waals surface area contributed by atoms with Gasteiger partial charge in [0.05, 0.1) is 12.2 Å². The summed E-state index contributed by atoms with van der Waals surface area (Å²) in [6.45, 7) is 7.51. The highest BCUT2D eigenvalue weighted by atomic mass is 19.4. The standard InChI is InChI=1S/C28H36F3N3O2/c1-19-20(2)26(36-17-4-3-14-32)13-12-24(19)25-7-5-6-23-18-33(15-16-34(23)25)27(35)21-8-10-22(11-9-21)28(29,30)31/h8-13,23,25H,3-7,14-18,32H2,1-2H3/t23-,25?/m0/s1. The number of rotatable bonds is 7. The molecule has 2 aliphatic rings. The van der Waals surface area contributed by atoms with Gasteiger partial charge >= 0.3 is 6.18 Å². The first-order chi connectivity index (χ1) is 17.2. The highest BCUT2D eigenvalue weighted by molar-refractivity contribution is 5.94. The fourth-order valence-corrected chi connectivity index (χ4v) is 5.52. The third-order valence-electron chi connectivity index (χ3n) is 7.68. The fraction of sp³-hybridized carbons (Fsp3) is 0.536. The van der Waals surface area contributed by atoms with Crippen molar-refractivity contribution in [2.45, 2.75) is 64.2 Å². The van der Waals surface area contributed by atoms with Gasteiger partial charge in [-0.1, -0.05) is 6.07 Å². The van der Waals surface area contributed by atoms with Gasteiger partial charge in [0.25, 0.3) is 5.91 Å². The van der Waals surface area contributed by atoms with Gasteiger partial charge in [0.1, 0.15) is 5.75 Å². The Bertz CT molecular complexity index is 1060. The van der Waals surface area contributed by atoms with Gasteiger partial charge in [-0.2, -0.15) is 13.2 Å². The normalized spacial score (nSPS) is 20.8. The van der Waals surface area contributed by atoms with Crippen LogP contribution in [-0.4, -0.2) is 54.5 Å². The van der Waals surface area contributed by atoms with Crippen molar-refractivity contribution in [3.63, 3.8) is 0 Å². The Morgan fingerprint density at radius 2 is 1.78 bits per heavy atom. The smallest absolute Gasteiger partial charge is 0.416 e. The number of carbonyl (C=O) groups is 1. The average Bonchev–Trinajstić information content (AvgIpc) is 2.87. The summed E-state index contributed by atoms with van der Waals surface area (Å²) in [6, 6.07) is 9.33. The van der Waals surface area contributed by atoms with E-state index < -0.39 is 11.7 Å². The van der Waals surface area contributed by atoms with Gasteiger partial charge in [-0.05, 0) is 99.5 Å². The molecule has 2 heterocycles. The molecular weight excluding hydrogens is 467 g/mol. The van der Waals surface area contributed by atoms with Gasteiger partial charge in [-0.15, -0.1) is 0 Å². The minimum absolute atomic E-state index is 0.200. The van der Waals surface area contributed by atoms with Crippen LogP contribution in [0.1, 0.15) is 70.8 Å². The monoisotopic (exact) mass is 503 g/mol. The van der Waals surface area contributed by atoms with Crippen LogP contribution in [0.5, 0.6) is 5.75 Å². The molecule has 2 saturated heterocycles. The molecule has 1 unspecified atom stereocenters. The minimum Gasteiger partial charge on any atom is -0.493 e. The van der Waals surface area contributed by atoms with Crippen molar-refractivity contribution in [2.75, 3.05) is 32.8 Å². The number of fused-ring (bicyclic) bond motifs is 1.